The maximum atomic E-state index is 12.1. The van der Waals surface area contributed by atoms with Crippen LogP contribution in [0.4, 0.5) is 26.3 Å². The molecule has 45 heavy (non-hydrogen) atoms. The van der Waals surface area contributed by atoms with Crippen LogP contribution in [0.2, 0.25) is 0 Å². The molecule has 2 aliphatic rings. The van der Waals surface area contributed by atoms with E-state index in [2.05, 4.69) is 24.8 Å². The van der Waals surface area contributed by atoms with Gasteiger partial charge in [0.2, 0.25) is 0 Å². The number of nitrogens with zero attached hydrogens (tertiary/aromatic N) is 2. The molecule has 2 saturated carbocycles. The van der Waals surface area contributed by atoms with Crippen molar-refractivity contribution in [1.29, 1.82) is 0 Å². The van der Waals surface area contributed by atoms with E-state index >= 15 is 0 Å². The molecule has 0 aliphatic heterocycles. The Balaban J connectivity index is 0.000000180. The van der Waals surface area contributed by atoms with Crippen LogP contribution >= 0.6 is 22.7 Å². The van der Waals surface area contributed by atoms with Crippen LogP contribution < -0.4 is 20.5 Å². The van der Waals surface area contributed by atoms with Crippen molar-refractivity contribution in [3.8, 4) is 32.6 Å². The minimum absolute atomic E-state index is 0.223. The molecule has 0 spiro atoms. The fourth-order valence-corrected chi connectivity index (χ4v) is 5.49. The van der Waals surface area contributed by atoms with E-state index in [1.165, 1.54) is 97.6 Å². The number of rotatable bonds is 8. The van der Waals surface area contributed by atoms with Gasteiger partial charge in [0.25, 0.3) is 0 Å². The third kappa shape index (κ3) is 11.7. The zero-order valence-electron chi connectivity index (χ0n) is 23.7. The summed E-state index contributed by atoms with van der Waals surface area (Å²) in [5.41, 5.74) is 8.05. The summed E-state index contributed by atoms with van der Waals surface area (Å²) in [5.74, 6) is -0.516. The molecule has 7 nitrogen and oxygen atoms in total. The zero-order valence-corrected chi connectivity index (χ0v) is 25.4. The lowest BCUT2D eigenvalue weighted by Gasteiger charge is -2.26. The van der Waals surface area contributed by atoms with Gasteiger partial charge < -0.3 is 20.5 Å². The van der Waals surface area contributed by atoms with E-state index < -0.39 is 12.7 Å². The predicted molar refractivity (Wildman–Crippen MR) is 160 cm³/mol. The highest BCUT2D eigenvalue weighted by Crippen LogP contribution is 2.30. The number of nitrogens with two attached hydrogens (primary N) is 1. The average molecular weight is 673 g/mol. The van der Waals surface area contributed by atoms with E-state index in [0.29, 0.717) is 34.6 Å². The van der Waals surface area contributed by atoms with Crippen LogP contribution in [0.3, 0.4) is 0 Å². The number of carbonyl (C=O) groups is 1. The number of thiazole rings is 2. The topological polar surface area (TPSA) is 99.4 Å². The molecule has 242 valence electrons. The van der Waals surface area contributed by atoms with Crippen LogP contribution in [0.1, 0.15) is 54.7 Å². The fraction of sp³-hybridized carbons (Fsp3) is 0.367. The first-order chi connectivity index (χ1) is 21.4. The van der Waals surface area contributed by atoms with Crippen molar-refractivity contribution in [2.75, 3.05) is 0 Å². The van der Waals surface area contributed by atoms with Gasteiger partial charge in [0, 0.05) is 40.5 Å². The van der Waals surface area contributed by atoms with Gasteiger partial charge in [-0.25, -0.2) is 9.97 Å². The number of hydrogen-bond acceptors (Lipinski definition) is 9. The quantitative estimate of drug-likeness (QED) is 0.143. The molecular weight excluding hydrogens is 642 g/mol. The van der Waals surface area contributed by atoms with E-state index in [1.807, 2.05) is 5.38 Å². The van der Waals surface area contributed by atoms with Gasteiger partial charge in [-0.2, -0.15) is 0 Å². The van der Waals surface area contributed by atoms with E-state index in [1.54, 1.807) is 17.5 Å². The van der Waals surface area contributed by atoms with Gasteiger partial charge in [0.1, 0.15) is 27.2 Å². The van der Waals surface area contributed by atoms with Crippen molar-refractivity contribution in [1.82, 2.24) is 15.3 Å². The summed E-state index contributed by atoms with van der Waals surface area (Å²) < 4.78 is 79.8. The Morgan fingerprint density at radius 3 is 1.62 bits per heavy atom. The largest absolute Gasteiger partial charge is 0.573 e. The summed E-state index contributed by atoms with van der Waals surface area (Å²) in [5, 5.41) is 8.34. The maximum Gasteiger partial charge on any atom is 0.573 e. The number of nitrogens with one attached hydrogen (secondary N) is 1. The first-order valence-electron chi connectivity index (χ1n) is 13.9. The summed E-state index contributed by atoms with van der Waals surface area (Å²) in [6, 6.07) is 12.2. The Labute approximate surface area is 263 Å². The fourth-order valence-electron chi connectivity index (χ4n) is 3.89. The highest BCUT2D eigenvalue weighted by atomic mass is 32.1. The van der Waals surface area contributed by atoms with Crippen LogP contribution in [0, 0.1) is 0 Å². The molecule has 2 fully saturated rings. The number of alkyl halides is 6. The lowest BCUT2D eigenvalue weighted by Crippen LogP contribution is -2.34. The van der Waals surface area contributed by atoms with Gasteiger partial charge in [-0.3, -0.25) is 4.79 Å². The third-order valence-corrected chi connectivity index (χ3v) is 8.54. The number of hydrogen-bond donors (Lipinski definition) is 2. The number of aldehydes is 1. The average Bonchev–Trinajstić information content (AvgIpc) is 3.61. The SMILES string of the molecule is FC(F)(F)Oc1ccc(-c2nc(CNC3CCC3)cs2)cc1.NC1CCC1.O=Cc1csc(-c2ccc(OC(F)(F)F)cc2)n1. The Hall–Kier alpha value is -3.53. The molecule has 2 aliphatic carbocycles. The van der Waals surface area contributed by atoms with Crippen LogP contribution in [-0.4, -0.2) is 41.1 Å². The number of benzene rings is 2. The summed E-state index contributed by atoms with van der Waals surface area (Å²) in [4.78, 5) is 19.0. The maximum absolute atomic E-state index is 12.1. The first kappa shape index (κ1) is 34.3. The highest BCUT2D eigenvalue weighted by molar-refractivity contribution is 7.13. The summed E-state index contributed by atoms with van der Waals surface area (Å²) in [6.45, 7) is 0.733. The van der Waals surface area contributed by atoms with E-state index in [-0.39, 0.29) is 11.5 Å². The number of aromatic nitrogens is 2. The van der Waals surface area contributed by atoms with Gasteiger partial charge in [-0.05, 0) is 74.2 Å². The molecule has 3 N–H and O–H groups in total. The molecule has 4 aromatic rings. The van der Waals surface area contributed by atoms with Gasteiger partial charge in [-0.1, -0.05) is 12.8 Å². The smallest absolute Gasteiger partial charge is 0.406 e. The molecule has 0 radical (unpaired) electrons. The molecule has 2 aromatic carbocycles. The molecule has 2 aromatic heterocycles. The number of ether oxygens (including phenoxy) is 2. The standard InChI is InChI=1S/C15H15F3N2OS.C11H6F3NO2S.C4H9N/c16-15(17,18)21-13-6-4-10(5-7-13)14-20-12(9-22-14)8-19-11-2-1-3-11;12-11(13,14)17-9-3-1-7(2-4-9)10-15-8(5-16)6-18-10;5-4-2-1-3-4/h4-7,9,11,19H,1-3,8H2;1-6H;4H,1-3,5H2. The predicted octanol–water partition coefficient (Wildman–Crippen LogP) is 8.37. The van der Waals surface area contributed by atoms with Gasteiger partial charge in [-0.15, -0.1) is 49.0 Å². The Bertz CT molecular complexity index is 1480. The van der Waals surface area contributed by atoms with Crippen molar-refractivity contribution in [3.05, 3.63) is 70.7 Å². The molecule has 15 heteroatoms. The van der Waals surface area contributed by atoms with Crippen molar-refractivity contribution in [2.45, 2.75) is 69.9 Å². The molecule has 0 atom stereocenters. The molecule has 0 unspecified atom stereocenters. The number of halogens is 6. The van der Waals surface area contributed by atoms with Crippen molar-refractivity contribution < 1.29 is 40.6 Å². The van der Waals surface area contributed by atoms with E-state index in [0.717, 1.165) is 22.8 Å². The minimum atomic E-state index is -4.70. The second-order valence-corrected chi connectivity index (χ2v) is 11.9. The van der Waals surface area contributed by atoms with Crippen LogP contribution in [0.5, 0.6) is 11.5 Å². The third-order valence-electron chi connectivity index (χ3n) is 6.69. The molecule has 6 rings (SSSR count). The molecule has 0 bridgehead atoms. The highest BCUT2D eigenvalue weighted by Gasteiger charge is 2.31. The Morgan fingerprint density at radius 2 is 1.24 bits per heavy atom. The lowest BCUT2D eigenvalue weighted by atomic mass is 9.93. The summed E-state index contributed by atoms with van der Waals surface area (Å²) in [7, 11) is 0. The van der Waals surface area contributed by atoms with Gasteiger partial charge in [0.05, 0.1) is 5.69 Å². The Kier molecular flexibility index (Phi) is 11.9. The van der Waals surface area contributed by atoms with Gasteiger partial charge >= 0.3 is 12.7 Å². The summed E-state index contributed by atoms with van der Waals surface area (Å²) in [6.07, 6.45) is -1.14. The Morgan fingerprint density at radius 1 is 0.778 bits per heavy atom. The second-order valence-electron chi connectivity index (χ2n) is 10.2. The van der Waals surface area contributed by atoms with Crippen LogP contribution in [-0.2, 0) is 6.54 Å². The monoisotopic (exact) mass is 672 g/mol. The van der Waals surface area contributed by atoms with E-state index in [9.17, 15) is 31.1 Å². The lowest BCUT2D eigenvalue weighted by molar-refractivity contribution is -0.275. The van der Waals surface area contributed by atoms with Crippen molar-refractivity contribution in [2.24, 2.45) is 5.73 Å². The molecule has 0 saturated heterocycles. The number of carbonyl (C=O) groups excluding carboxylic acids is 1. The minimum Gasteiger partial charge on any atom is -0.406 e. The normalized spacial score (nSPS) is 15.0. The van der Waals surface area contributed by atoms with Crippen molar-refractivity contribution in [3.63, 3.8) is 0 Å². The first-order valence-corrected chi connectivity index (χ1v) is 15.7. The second kappa shape index (κ2) is 15.7. The van der Waals surface area contributed by atoms with Crippen molar-refractivity contribution >= 4 is 29.0 Å². The van der Waals surface area contributed by atoms with Crippen LogP contribution in [0.25, 0.3) is 21.1 Å². The molecular formula is C30H30F6N4O3S2. The van der Waals surface area contributed by atoms with Crippen LogP contribution in [0.15, 0.2) is 59.3 Å². The molecule has 0 amide bonds. The van der Waals surface area contributed by atoms with Gasteiger partial charge in [0.15, 0.2) is 6.29 Å². The zero-order chi connectivity index (χ0) is 32.5. The van der Waals surface area contributed by atoms with E-state index in [4.69, 9.17) is 5.73 Å². The summed E-state index contributed by atoms with van der Waals surface area (Å²) >= 11 is 2.73. The molecule has 2 heterocycles.